The number of benzene rings is 1. The van der Waals surface area contributed by atoms with Crippen LogP contribution < -0.4 is 9.47 Å². The zero-order valence-corrected chi connectivity index (χ0v) is 19.9. The summed E-state index contributed by atoms with van der Waals surface area (Å²) in [5, 5.41) is 20.9. The number of rotatable bonds is 7. The topological polar surface area (TPSA) is 132 Å². The summed E-state index contributed by atoms with van der Waals surface area (Å²) in [6, 6.07) is 3.74. The van der Waals surface area contributed by atoms with Gasteiger partial charge in [-0.25, -0.2) is 4.79 Å². The van der Waals surface area contributed by atoms with Crippen molar-refractivity contribution in [2.45, 2.75) is 68.3 Å². The van der Waals surface area contributed by atoms with Crippen LogP contribution in [0.1, 0.15) is 43.7 Å². The van der Waals surface area contributed by atoms with Crippen molar-refractivity contribution in [3.63, 3.8) is 0 Å². The molecule has 2 aliphatic heterocycles. The number of hydrogen-bond donors (Lipinski definition) is 2. The SMILES string of the molecule is COc1ccc2c3c1O[C@H]1C(OC(=O)C(C)OC(=O)CCC(=O)O)=CC[C@@]4(O)[C@@H](C2)N(C)CC[C@]314. The molecule has 2 N–H and O–H groups in total. The number of hydrogen-bond acceptors (Lipinski definition) is 9. The number of nitrogens with zero attached hydrogens (tertiary/aromatic N) is 1. The van der Waals surface area contributed by atoms with Crippen molar-refractivity contribution in [1.82, 2.24) is 4.90 Å². The van der Waals surface area contributed by atoms with Crippen molar-refractivity contribution >= 4 is 17.9 Å². The Labute approximate surface area is 202 Å². The van der Waals surface area contributed by atoms with E-state index in [1.807, 2.05) is 19.2 Å². The highest BCUT2D eigenvalue weighted by atomic mass is 16.6. The number of ether oxygens (including phenoxy) is 4. The highest BCUT2D eigenvalue weighted by Gasteiger charge is 2.72. The summed E-state index contributed by atoms with van der Waals surface area (Å²) in [5.41, 5.74) is 0.0642. The standard InChI is InChI=1S/C25H29NO9/c1-13(33-19(29)7-6-18(27)28)23(30)34-16-8-9-25(31)17-12-14-4-5-15(32-3)21-20(14)24(25,22(16)35-21)10-11-26(17)2/h4-5,8,13,17,22,31H,6-7,9-12H2,1-3H3,(H,27,28)/t13?,17-,22+,24+,25-/m1/s1. The summed E-state index contributed by atoms with van der Waals surface area (Å²) < 4.78 is 22.7. The lowest BCUT2D eigenvalue weighted by atomic mass is 9.50. The van der Waals surface area contributed by atoms with E-state index < -0.39 is 41.1 Å². The third-order valence-corrected chi connectivity index (χ3v) is 7.96. The van der Waals surface area contributed by atoms with Gasteiger partial charge in [-0.1, -0.05) is 6.07 Å². The van der Waals surface area contributed by atoms with Crippen molar-refractivity contribution in [2.75, 3.05) is 20.7 Å². The molecule has 5 rings (SSSR count). The van der Waals surface area contributed by atoms with Gasteiger partial charge in [0.25, 0.3) is 0 Å². The number of carbonyl (C=O) groups excluding carboxylic acids is 2. The van der Waals surface area contributed by atoms with E-state index in [1.54, 1.807) is 13.2 Å². The van der Waals surface area contributed by atoms with Crippen LogP contribution in [0.2, 0.25) is 0 Å². The normalized spacial score (nSPS) is 30.9. The Morgan fingerprint density at radius 2 is 2.06 bits per heavy atom. The summed E-state index contributed by atoms with van der Waals surface area (Å²) in [4.78, 5) is 37.5. The van der Waals surface area contributed by atoms with Gasteiger partial charge in [-0.3, -0.25) is 9.59 Å². The Hall–Kier alpha value is -3.11. The summed E-state index contributed by atoms with van der Waals surface area (Å²) in [7, 11) is 3.57. The van der Waals surface area contributed by atoms with Crippen molar-refractivity contribution in [3.8, 4) is 11.5 Å². The molecule has 10 nitrogen and oxygen atoms in total. The Kier molecular flexibility index (Phi) is 5.56. The fourth-order valence-corrected chi connectivity index (χ4v) is 6.30. The van der Waals surface area contributed by atoms with E-state index >= 15 is 0 Å². The van der Waals surface area contributed by atoms with Crippen LogP contribution in [0.15, 0.2) is 24.0 Å². The molecule has 0 radical (unpaired) electrons. The third-order valence-electron chi connectivity index (χ3n) is 7.96. The van der Waals surface area contributed by atoms with Crippen LogP contribution in [-0.2, 0) is 35.7 Å². The average molecular weight is 488 g/mol. The van der Waals surface area contributed by atoms with Gasteiger partial charge in [-0.05, 0) is 51.1 Å². The lowest BCUT2D eigenvalue weighted by Gasteiger charge is -2.61. The average Bonchev–Trinajstić information content (AvgIpc) is 3.17. The first-order valence-corrected chi connectivity index (χ1v) is 11.7. The second-order valence-electron chi connectivity index (χ2n) is 9.73. The Morgan fingerprint density at radius 1 is 1.29 bits per heavy atom. The second kappa shape index (κ2) is 8.23. The molecule has 2 bridgehead atoms. The zero-order valence-electron chi connectivity index (χ0n) is 19.9. The Morgan fingerprint density at radius 3 is 2.77 bits per heavy atom. The van der Waals surface area contributed by atoms with Crippen LogP contribution in [0.5, 0.6) is 11.5 Å². The molecule has 4 aliphatic rings. The van der Waals surface area contributed by atoms with Gasteiger partial charge in [0, 0.05) is 18.0 Å². The molecule has 2 aliphatic carbocycles. The van der Waals surface area contributed by atoms with Gasteiger partial charge in [0.15, 0.2) is 23.7 Å². The fraction of sp³-hybridized carbons (Fsp3) is 0.560. The van der Waals surface area contributed by atoms with E-state index in [4.69, 9.17) is 24.1 Å². The minimum Gasteiger partial charge on any atom is -0.493 e. The van der Waals surface area contributed by atoms with Crippen molar-refractivity contribution in [2.24, 2.45) is 0 Å². The molecule has 0 saturated carbocycles. The first-order chi connectivity index (χ1) is 16.6. The molecular weight excluding hydrogens is 458 g/mol. The van der Waals surface area contributed by atoms with E-state index in [2.05, 4.69) is 4.90 Å². The van der Waals surface area contributed by atoms with Crippen molar-refractivity contribution in [3.05, 3.63) is 35.1 Å². The smallest absolute Gasteiger partial charge is 0.352 e. The first kappa shape index (κ1) is 23.6. The highest BCUT2D eigenvalue weighted by molar-refractivity contribution is 5.81. The van der Waals surface area contributed by atoms with Gasteiger partial charge in [0.1, 0.15) is 5.76 Å². The number of aliphatic carboxylic acids is 1. The molecule has 1 unspecified atom stereocenters. The van der Waals surface area contributed by atoms with Crippen LogP contribution in [-0.4, -0.2) is 77.6 Å². The molecular formula is C25H29NO9. The van der Waals surface area contributed by atoms with Crippen LogP contribution in [0.3, 0.4) is 0 Å². The largest absolute Gasteiger partial charge is 0.493 e. The number of likely N-dealkylation sites (tertiary alicyclic amines) is 1. The van der Waals surface area contributed by atoms with Crippen molar-refractivity contribution in [1.29, 1.82) is 0 Å². The van der Waals surface area contributed by atoms with Crippen LogP contribution >= 0.6 is 0 Å². The van der Waals surface area contributed by atoms with Gasteiger partial charge in [-0.15, -0.1) is 0 Å². The molecule has 1 saturated heterocycles. The van der Waals surface area contributed by atoms with E-state index in [0.717, 1.165) is 17.7 Å². The van der Waals surface area contributed by atoms with Crippen molar-refractivity contribution < 1.29 is 43.5 Å². The maximum Gasteiger partial charge on any atom is 0.352 e. The van der Waals surface area contributed by atoms with E-state index in [1.165, 1.54) is 6.92 Å². The molecule has 1 fully saturated rings. The summed E-state index contributed by atoms with van der Waals surface area (Å²) in [5.74, 6) is -1.34. The maximum absolute atomic E-state index is 12.8. The lowest BCUT2D eigenvalue weighted by Crippen LogP contribution is -2.74. The molecule has 1 aromatic rings. The number of aliphatic hydroxyl groups is 1. The number of carboxylic acid groups (broad SMARTS) is 1. The quantitative estimate of drug-likeness (QED) is 0.543. The summed E-state index contributed by atoms with van der Waals surface area (Å²) in [6.07, 6.45) is 0.516. The van der Waals surface area contributed by atoms with Crippen LogP contribution in [0.25, 0.3) is 0 Å². The number of carboxylic acids is 1. The van der Waals surface area contributed by atoms with E-state index in [-0.39, 0.29) is 31.1 Å². The number of methoxy groups -OCH3 is 1. The Bertz CT molecular complexity index is 1130. The fourth-order valence-electron chi connectivity index (χ4n) is 6.30. The molecule has 1 spiro atoms. The van der Waals surface area contributed by atoms with Gasteiger partial charge in [0.2, 0.25) is 0 Å². The maximum atomic E-state index is 12.8. The third kappa shape index (κ3) is 3.34. The first-order valence-electron chi connectivity index (χ1n) is 11.7. The predicted molar refractivity (Wildman–Crippen MR) is 120 cm³/mol. The van der Waals surface area contributed by atoms with Gasteiger partial charge >= 0.3 is 17.9 Å². The van der Waals surface area contributed by atoms with E-state index in [0.29, 0.717) is 24.3 Å². The van der Waals surface area contributed by atoms with Crippen LogP contribution in [0, 0.1) is 0 Å². The Balaban J connectivity index is 1.45. The summed E-state index contributed by atoms with van der Waals surface area (Å²) >= 11 is 0. The molecule has 2 heterocycles. The predicted octanol–water partition coefficient (Wildman–Crippen LogP) is 1.31. The lowest BCUT2D eigenvalue weighted by molar-refractivity contribution is -0.175. The highest BCUT2D eigenvalue weighted by Crippen LogP contribution is 2.65. The minimum atomic E-state index is -1.24. The molecule has 188 valence electrons. The number of carbonyl (C=O) groups is 3. The van der Waals surface area contributed by atoms with Gasteiger partial charge in [0.05, 0.1) is 31.0 Å². The van der Waals surface area contributed by atoms with Gasteiger partial charge in [-0.2, -0.15) is 0 Å². The van der Waals surface area contributed by atoms with Gasteiger partial charge < -0.3 is 34.1 Å². The zero-order chi connectivity index (χ0) is 25.1. The minimum absolute atomic E-state index is 0.128. The van der Waals surface area contributed by atoms with Crippen LogP contribution in [0.4, 0.5) is 0 Å². The van der Waals surface area contributed by atoms with E-state index in [9.17, 15) is 19.5 Å². The number of piperidine rings is 1. The summed E-state index contributed by atoms with van der Waals surface area (Å²) in [6.45, 7) is 2.11. The molecule has 0 aromatic heterocycles. The number of likely N-dealkylation sites (N-methyl/N-ethyl adjacent to an activating group) is 1. The number of esters is 2. The molecule has 1 aromatic carbocycles. The molecule has 5 atom stereocenters. The second-order valence-corrected chi connectivity index (χ2v) is 9.73. The monoisotopic (exact) mass is 487 g/mol. The molecule has 10 heteroatoms. The molecule has 35 heavy (non-hydrogen) atoms. The molecule has 0 amide bonds.